The molecule has 3 heteroatoms. The number of benzene rings is 1. The van der Waals surface area contributed by atoms with Gasteiger partial charge in [-0.1, -0.05) is 48.3 Å². The number of ether oxygens (including phenoxy) is 1. The highest BCUT2D eigenvalue weighted by Crippen LogP contribution is 2.16. The minimum absolute atomic E-state index is 0.286. The largest absolute Gasteiger partial charge is 0.380 e. The number of hydrogen-bond acceptors (Lipinski definition) is 2. The summed E-state index contributed by atoms with van der Waals surface area (Å²) in [6, 6.07) is 8.89. The van der Waals surface area contributed by atoms with Gasteiger partial charge in [0, 0.05) is 17.6 Å². The first-order chi connectivity index (χ1) is 8.71. The van der Waals surface area contributed by atoms with Crippen LogP contribution in [0.15, 0.2) is 28.7 Å². The van der Waals surface area contributed by atoms with Crippen LogP contribution < -0.4 is 5.32 Å². The van der Waals surface area contributed by atoms with Crippen molar-refractivity contribution in [1.29, 1.82) is 0 Å². The minimum atomic E-state index is 0.286. The predicted octanol–water partition coefficient (Wildman–Crippen LogP) is 3.78. The second kappa shape index (κ2) is 8.68. The van der Waals surface area contributed by atoms with Crippen molar-refractivity contribution in [3.63, 3.8) is 0 Å². The van der Waals surface area contributed by atoms with E-state index in [0.717, 1.165) is 30.3 Å². The van der Waals surface area contributed by atoms with E-state index in [4.69, 9.17) is 4.74 Å². The summed E-state index contributed by atoms with van der Waals surface area (Å²) in [4.78, 5) is 0. The monoisotopic (exact) mass is 313 g/mol. The molecule has 0 saturated heterocycles. The Bertz CT molecular complexity index is 343. The van der Waals surface area contributed by atoms with Gasteiger partial charge in [-0.2, -0.15) is 0 Å². The van der Waals surface area contributed by atoms with Crippen LogP contribution in [0.3, 0.4) is 0 Å². The second-order valence-corrected chi connectivity index (χ2v) is 5.48. The Hall–Kier alpha value is -0.380. The van der Waals surface area contributed by atoms with Gasteiger partial charge in [-0.3, -0.25) is 0 Å². The highest BCUT2D eigenvalue weighted by molar-refractivity contribution is 9.10. The van der Waals surface area contributed by atoms with E-state index in [2.05, 4.69) is 59.4 Å². The van der Waals surface area contributed by atoms with Crippen LogP contribution in [0.4, 0.5) is 0 Å². The van der Waals surface area contributed by atoms with E-state index in [9.17, 15) is 0 Å². The van der Waals surface area contributed by atoms with Crippen molar-refractivity contribution in [3.8, 4) is 0 Å². The third-order valence-corrected chi connectivity index (χ3v) is 3.63. The van der Waals surface area contributed by atoms with E-state index in [0.29, 0.717) is 6.04 Å². The molecular formula is C15H24BrNO. The maximum Gasteiger partial charge on any atom is 0.0727 e. The first kappa shape index (κ1) is 15.7. The molecule has 0 bridgehead atoms. The maximum absolute atomic E-state index is 5.63. The van der Waals surface area contributed by atoms with Gasteiger partial charge in [-0.05, 0) is 37.1 Å². The van der Waals surface area contributed by atoms with Crippen molar-refractivity contribution in [2.75, 3.05) is 13.7 Å². The second-order valence-electron chi connectivity index (χ2n) is 4.56. The molecule has 0 aliphatic heterocycles. The Labute approximate surface area is 119 Å². The Morgan fingerprint density at radius 2 is 2.11 bits per heavy atom. The van der Waals surface area contributed by atoms with Crippen molar-refractivity contribution in [1.82, 2.24) is 5.32 Å². The summed E-state index contributed by atoms with van der Waals surface area (Å²) in [7, 11) is 1.81. The lowest BCUT2D eigenvalue weighted by Gasteiger charge is -2.26. The summed E-state index contributed by atoms with van der Waals surface area (Å²) in [6.07, 6.45) is 3.54. The summed E-state index contributed by atoms with van der Waals surface area (Å²) in [5.74, 6) is 0. The number of nitrogens with one attached hydrogen (secondary N) is 1. The number of halogens is 1. The van der Waals surface area contributed by atoms with E-state index < -0.39 is 0 Å². The summed E-state index contributed by atoms with van der Waals surface area (Å²) in [5.41, 5.74) is 1.34. The van der Waals surface area contributed by atoms with Crippen LogP contribution in [-0.2, 0) is 11.2 Å². The highest BCUT2D eigenvalue weighted by atomic mass is 79.9. The van der Waals surface area contributed by atoms with Crippen LogP contribution in [0.2, 0.25) is 0 Å². The Morgan fingerprint density at radius 3 is 2.67 bits per heavy atom. The van der Waals surface area contributed by atoms with Gasteiger partial charge in [0.05, 0.1) is 6.10 Å². The lowest BCUT2D eigenvalue weighted by Crippen LogP contribution is -2.42. The average Bonchev–Trinajstić information content (AvgIpc) is 2.35. The Balaban J connectivity index is 2.72. The van der Waals surface area contributed by atoms with Crippen LogP contribution in [0, 0.1) is 0 Å². The molecule has 0 aliphatic carbocycles. The lowest BCUT2D eigenvalue weighted by atomic mass is 9.98. The summed E-state index contributed by atoms with van der Waals surface area (Å²) < 4.78 is 6.77. The molecule has 0 amide bonds. The molecule has 0 aromatic heterocycles. The third-order valence-electron chi connectivity index (χ3n) is 3.14. The zero-order chi connectivity index (χ0) is 13.4. The first-order valence-electron chi connectivity index (χ1n) is 6.71. The minimum Gasteiger partial charge on any atom is -0.380 e. The molecule has 2 nitrogen and oxygen atoms in total. The van der Waals surface area contributed by atoms with Gasteiger partial charge in [-0.25, -0.2) is 0 Å². The zero-order valence-corrected chi connectivity index (χ0v) is 13.2. The number of hydrogen-bond donors (Lipinski definition) is 1. The molecule has 18 heavy (non-hydrogen) atoms. The third kappa shape index (κ3) is 5.09. The smallest absolute Gasteiger partial charge is 0.0727 e. The van der Waals surface area contributed by atoms with Crippen LogP contribution in [0.25, 0.3) is 0 Å². The van der Waals surface area contributed by atoms with Crippen LogP contribution in [0.1, 0.15) is 32.3 Å². The maximum atomic E-state index is 5.63. The average molecular weight is 314 g/mol. The molecule has 0 fully saturated rings. The van der Waals surface area contributed by atoms with Crippen molar-refractivity contribution in [2.24, 2.45) is 0 Å². The Kier molecular flexibility index (Phi) is 7.56. The van der Waals surface area contributed by atoms with E-state index >= 15 is 0 Å². The van der Waals surface area contributed by atoms with E-state index in [1.54, 1.807) is 0 Å². The SMILES string of the molecule is CCCC(OC)C(Cc1cccc(Br)c1)NCC. The van der Waals surface area contributed by atoms with Crippen LogP contribution in [-0.4, -0.2) is 25.8 Å². The molecule has 1 N–H and O–H groups in total. The summed E-state index contributed by atoms with van der Waals surface area (Å²) in [5, 5.41) is 3.55. The molecule has 1 aromatic carbocycles. The van der Waals surface area contributed by atoms with Crippen molar-refractivity contribution >= 4 is 15.9 Å². The number of likely N-dealkylation sites (N-methyl/N-ethyl adjacent to an activating group) is 1. The van der Waals surface area contributed by atoms with Gasteiger partial charge in [0.1, 0.15) is 0 Å². The molecule has 2 atom stereocenters. The van der Waals surface area contributed by atoms with Crippen molar-refractivity contribution < 1.29 is 4.74 Å². The molecule has 0 spiro atoms. The van der Waals surface area contributed by atoms with Crippen molar-refractivity contribution in [3.05, 3.63) is 34.3 Å². The summed E-state index contributed by atoms with van der Waals surface area (Å²) in [6.45, 7) is 5.32. The number of rotatable bonds is 8. The highest BCUT2D eigenvalue weighted by Gasteiger charge is 2.19. The van der Waals surface area contributed by atoms with E-state index in [1.165, 1.54) is 5.56 Å². The number of methoxy groups -OCH3 is 1. The van der Waals surface area contributed by atoms with Gasteiger partial charge >= 0.3 is 0 Å². The van der Waals surface area contributed by atoms with Gasteiger partial charge in [0.15, 0.2) is 0 Å². The fraction of sp³-hybridized carbons (Fsp3) is 0.600. The molecule has 1 rings (SSSR count). The molecule has 0 heterocycles. The fourth-order valence-corrected chi connectivity index (χ4v) is 2.73. The topological polar surface area (TPSA) is 21.3 Å². The standard InChI is InChI=1S/C15H24BrNO/c1-4-7-15(18-3)14(17-5-2)11-12-8-6-9-13(16)10-12/h6,8-10,14-15,17H,4-5,7,11H2,1-3H3. The quantitative estimate of drug-likeness (QED) is 0.788. The van der Waals surface area contributed by atoms with Crippen LogP contribution in [0.5, 0.6) is 0 Å². The summed E-state index contributed by atoms with van der Waals surface area (Å²) >= 11 is 3.52. The van der Waals surface area contributed by atoms with Crippen LogP contribution >= 0.6 is 15.9 Å². The molecule has 0 radical (unpaired) electrons. The fourth-order valence-electron chi connectivity index (χ4n) is 2.28. The van der Waals surface area contributed by atoms with E-state index in [1.807, 2.05) is 7.11 Å². The van der Waals surface area contributed by atoms with Gasteiger partial charge < -0.3 is 10.1 Å². The molecular weight excluding hydrogens is 290 g/mol. The Morgan fingerprint density at radius 1 is 1.33 bits per heavy atom. The van der Waals surface area contributed by atoms with Gasteiger partial charge in [0.25, 0.3) is 0 Å². The molecule has 1 aromatic rings. The van der Waals surface area contributed by atoms with Gasteiger partial charge in [-0.15, -0.1) is 0 Å². The molecule has 0 aliphatic rings. The van der Waals surface area contributed by atoms with E-state index in [-0.39, 0.29) is 6.10 Å². The van der Waals surface area contributed by atoms with Gasteiger partial charge in [0.2, 0.25) is 0 Å². The first-order valence-corrected chi connectivity index (χ1v) is 7.51. The zero-order valence-electron chi connectivity index (χ0n) is 11.6. The normalized spacial score (nSPS) is 14.4. The predicted molar refractivity (Wildman–Crippen MR) is 81.0 cm³/mol. The molecule has 0 saturated carbocycles. The molecule has 102 valence electrons. The molecule has 2 unspecified atom stereocenters. The lowest BCUT2D eigenvalue weighted by molar-refractivity contribution is 0.0614. The van der Waals surface area contributed by atoms with Crippen molar-refractivity contribution in [2.45, 2.75) is 45.3 Å².